The van der Waals surface area contributed by atoms with Crippen molar-refractivity contribution in [3.8, 4) is 5.75 Å². The summed E-state index contributed by atoms with van der Waals surface area (Å²) < 4.78 is 44.4. The molecular formula is C21H26FN3O5S. The smallest absolute Gasteiger partial charge is 0.244 e. The van der Waals surface area contributed by atoms with E-state index in [9.17, 15) is 22.4 Å². The lowest BCUT2D eigenvalue weighted by atomic mass is 10.1. The van der Waals surface area contributed by atoms with Crippen molar-refractivity contribution in [1.82, 2.24) is 10.2 Å². The number of sulfonamides is 1. The number of rotatable bonds is 9. The Kier molecular flexibility index (Phi) is 7.98. The first-order chi connectivity index (χ1) is 14.6. The van der Waals surface area contributed by atoms with Crippen LogP contribution in [0.25, 0.3) is 0 Å². The highest BCUT2D eigenvalue weighted by Gasteiger charge is 2.30. The van der Waals surface area contributed by atoms with Gasteiger partial charge in [0.15, 0.2) is 0 Å². The van der Waals surface area contributed by atoms with Crippen LogP contribution in [0.3, 0.4) is 0 Å². The largest absolute Gasteiger partial charge is 0.495 e. The van der Waals surface area contributed by atoms with E-state index >= 15 is 0 Å². The molecule has 0 aliphatic rings. The third-order valence-corrected chi connectivity index (χ3v) is 5.84. The lowest BCUT2D eigenvalue weighted by molar-refractivity contribution is -0.139. The van der Waals surface area contributed by atoms with Gasteiger partial charge >= 0.3 is 0 Å². The highest BCUT2D eigenvalue weighted by molar-refractivity contribution is 7.92. The number of ether oxygens (including phenoxy) is 1. The van der Waals surface area contributed by atoms with Crippen LogP contribution in [0, 0.1) is 5.82 Å². The predicted octanol–water partition coefficient (Wildman–Crippen LogP) is 1.76. The molecule has 0 spiro atoms. The molecule has 2 rings (SSSR count). The second kappa shape index (κ2) is 10.3. The number of halogens is 1. The van der Waals surface area contributed by atoms with Gasteiger partial charge in [-0.05, 0) is 36.8 Å². The van der Waals surface area contributed by atoms with Gasteiger partial charge in [0, 0.05) is 13.6 Å². The molecule has 0 aliphatic heterocycles. The maximum absolute atomic E-state index is 13.3. The number of nitrogens with one attached hydrogen (secondary N) is 1. The quantitative estimate of drug-likeness (QED) is 0.627. The molecule has 0 radical (unpaired) electrons. The standard InChI is InChI=1S/C21H26FN3O5S/c1-15(21(27)23-2)24(13-16-9-11-17(22)12-10-16)20(26)14-25(31(4,28)29)18-7-5-6-8-19(18)30-3/h5-12,15H,13-14H2,1-4H3,(H,23,27)/t15-/m0/s1. The maximum Gasteiger partial charge on any atom is 0.244 e. The number of amides is 2. The van der Waals surface area contributed by atoms with Crippen molar-refractivity contribution in [3.63, 3.8) is 0 Å². The van der Waals surface area contributed by atoms with E-state index in [0.29, 0.717) is 5.56 Å². The molecule has 0 aliphatic carbocycles. The van der Waals surface area contributed by atoms with Crippen molar-refractivity contribution in [2.24, 2.45) is 0 Å². The Morgan fingerprint density at radius 1 is 1.13 bits per heavy atom. The summed E-state index contributed by atoms with van der Waals surface area (Å²) in [5, 5.41) is 2.48. The molecule has 2 amide bonds. The summed E-state index contributed by atoms with van der Waals surface area (Å²) in [5.74, 6) is -1.17. The van der Waals surface area contributed by atoms with Crippen LogP contribution < -0.4 is 14.4 Å². The first-order valence-corrected chi connectivity index (χ1v) is 11.3. The number of nitrogens with zero attached hydrogens (tertiary/aromatic N) is 2. The minimum Gasteiger partial charge on any atom is -0.495 e. The summed E-state index contributed by atoms with van der Waals surface area (Å²) in [7, 11) is -1.01. The SMILES string of the molecule is CNC(=O)[C@H](C)N(Cc1ccc(F)cc1)C(=O)CN(c1ccccc1OC)S(C)(=O)=O. The number of carbonyl (C=O) groups excluding carboxylic acids is 2. The number of anilines is 1. The third kappa shape index (κ3) is 6.17. The van der Waals surface area contributed by atoms with Crippen molar-refractivity contribution in [2.45, 2.75) is 19.5 Å². The van der Waals surface area contributed by atoms with Crippen molar-refractivity contribution in [3.05, 3.63) is 59.9 Å². The van der Waals surface area contributed by atoms with E-state index in [2.05, 4.69) is 5.32 Å². The van der Waals surface area contributed by atoms with E-state index < -0.39 is 40.2 Å². The van der Waals surface area contributed by atoms with Crippen LogP contribution in [-0.4, -0.2) is 58.1 Å². The average molecular weight is 452 g/mol. The molecule has 0 saturated heterocycles. The van der Waals surface area contributed by atoms with Crippen LogP contribution in [0.1, 0.15) is 12.5 Å². The van der Waals surface area contributed by atoms with E-state index in [1.54, 1.807) is 18.2 Å². The molecule has 0 fully saturated rings. The molecule has 1 N–H and O–H groups in total. The topological polar surface area (TPSA) is 96.0 Å². The molecule has 0 aromatic heterocycles. The normalized spacial score (nSPS) is 12.0. The van der Waals surface area contributed by atoms with Crippen molar-refractivity contribution >= 4 is 27.5 Å². The second-order valence-corrected chi connectivity index (χ2v) is 8.79. The van der Waals surface area contributed by atoms with Crippen molar-refractivity contribution in [1.29, 1.82) is 0 Å². The molecule has 1 atom stereocenters. The summed E-state index contributed by atoms with van der Waals surface area (Å²) in [6.45, 7) is 0.993. The van der Waals surface area contributed by atoms with Gasteiger partial charge in [0.25, 0.3) is 0 Å². The number of methoxy groups -OCH3 is 1. The monoisotopic (exact) mass is 451 g/mol. The van der Waals surface area contributed by atoms with E-state index in [1.165, 1.54) is 56.3 Å². The summed E-state index contributed by atoms with van der Waals surface area (Å²) in [4.78, 5) is 26.7. The molecule has 0 saturated carbocycles. The van der Waals surface area contributed by atoms with Crippen LogP contribution >= 0.6 is 0 Å². The van der Waals surface area contributed by atoms with Crippen molar-refractivity contribution < 1.29 is 27.1 Å². The molecule has 168 valence electrons. The summed E-state index contributed by atoms with van der Waals surface area (Å²) in [6.07, 6.45) is 0.985. The molecule has 8 nitrogen and oxygen atoms in total. The molecule has 31 heavy (non-hydrogen) atoms. The minimum absolute atomic E-state index is 0.00275. The Balaban J connectivity index is 2.41. The fourth-order valence-corrected chi connectivity index (χ4v) is 3.86. The van der Waals surface area contributed by atoms with Gasteiger partial charge in [-0.25, -0.2) is 12.8 Å². The van der Waals surface area contributed by atoms with Crippen LogP contribution in [0.5, 0.6) is 5.75 Å². The summed E-state index contributed by atoms with van der Waals surface area (Å²) in [6, 6.07) is 11.0. The fourth-order valence-electron chi connectivity index (χ4n) is 3.01. The number of likely N-dealkylation sites (N-methyl/N-ethyl adjacent to an activating group) is 1. The minimum atomic E-state index is -3.85. The van der Waals surface area contributed by atoms with Crippen LogP contribution in [0.15, 0.2) is 48.5 Å². The van der Waals surface area contributed by atoms with E-state index in [-0.39, 0.29) is 18.0 Å². The number of hydrogen-bond acceptors (Lipinski definition) is 5. The first kappa shape index (κ1) is 24.1. The Morgan fingerprint density at radius 3 is 2.29 bits per heavy atom. The number of hydrogen-bond donors (Lipinski definition) is 1. The number of carbonyl (C=O) groups is 2. The van der Waals surface area contributed by atoms with Crippen LogP contribution in [0.4, 0.5) is 10.1 Å². The van der Waals surface area contributed by atoms with E-state index in [4.69, 9.17) is 4.74 Å². The van der Waals surface area contributed by atoms with Gasteiger partial charge in [-0.3, -0.25) is 13.9 Å². The molecule has 0 heterocycles. The van der Waals surface area contributed by atoms with E-state index in [0.717, 1.165) is 10.6 Å². The van der Waals surface area contributed by atoms with Gasteiger partial charge in [-0.15, -0.1) is 0 Å². The molecule has 10 heteroatoms. The third-order valence-electron chi connectivity index (χ3n) is 4.71. The Labute approximate surface area is 181 Å². The van der Waals surface area contributed by atoms with Gasteiger partial charge in [0.05, 0.1) is 19.1 Å². The summed E-state index contributed by atoms with van der Waals surface area (Å²) >= 11 is 0. The molecule has 2 aromatic carbocycles. The van der Waals surface area contributed by atoms with Gasteiger partial charge < -0.3 is 15.0 Å². The number of benzene rings is 2. The molecule has 0 unspecified atom stereocenters. The van der Waals surface area contributed by atoms with Crippen LogP contribution in [0.2, 0.25) is 0 Å². The maximum atomic E-state index is 13.3. The zero-order chi connectivity index (χ0) is 23.2. The van der Waals surface area contributed by atoms with Crippen LogP contribution in [-0.2, 0) is 26.2 Å². The first-order valence-electron chi connectivity index (χ1n) is 9.44. The highest BCUT2D eigenvalue weighted by atomic mass is 32.2. The highest BCUT2D eigenvalue weighted by Crippen LogP contribution is 2.29. The zero-order valence-electron chi connectivity index (χ0n) is 17.8. The lowest BCUT2D eigenvalue weighted by Gasteiger charge is -2.31. The second-order valence-electron chi connectivity index (χ2n) is 6.88. The fraction of sp³-hybridized carbons (Fsp3) is 0.333. The molecule has 2 aromatic rings. The molecule has 0 bridgehead atoms. The Hall–Kier alpha value is -3.14. The number of para-hydroxylation sites is 2. The Morgan fingerprint density at radius 2 is 1.74 bits per heavy atom. The lowest BCUT2D eigenvalue weighted by Crippen LogP contribution is -2.50. The van der Waals surface area contributed by atoms with Gasteiger partial charge in [0.1, 0.15) is 24.2 Å². The summed E-state index contributed by atoms with van der Waals surface area (Å²) in [5.41, 5.74) is 0.795. The molecular weight excluding hydrogens is 425 g/mol. The van der Waals surface area contributed by atoms with Crippen molar-refractivity contribution in [2.75, 3.05) is 31.3 Å². The average Bonchev–Trinajstić information content (AvgIpc) is 2.75. The van der Waals surface area contributed by atoms with Gasteiger partial charge in [-0.1, -0.05) is 24.3 Å². The van der Waals surface area contributed by atoms with E-state index in [1.807, 2.05) is 0 Å². The van der Waals surface area contributed by atoms with Gasteiger partial charge in [0.2, 0.25) is 21.8 Å². The Bertz CT molecular complexity index is 1030. The van der Waals surface area contributed by atoms with Gasteiger partial charge in [-0.2, -0.15) is 0 Å². The zero-order valence-corrected chi connectivity index (χ0v) is 18.6. The predicted molar refractivity (Wildman–Crippen MR) is 116 cm³/mol.